The zero-order valence-corrected chi connectivity index (χ0v) is 13.7. The van der Waals surface area contributed by atoms with Gasteiger partial charge in [0, 0.05) is 14.2 Å². The summed E-state index contributed by atoms with van der Waals surface area (Å²) in [6, 6.07) is 7.13. The molecule has 1 saturated heterocycles. The minimum Gasteiger partial charge on any atom is -0.487 e. The first kappa shape index (κ1) is 16.3. The number of hydrogen-bond donors (Lipinski definition) is 2. The molecule has 1 aromatic carbocycles. The molecule has 3 rings (SSSR count). The number of benzene rings is 1. The van der Waals surface area contributed by atoms with Crippen LogP contribution >= 0.6 is 12.2 Å². The van der Waals surface area contributed by atoms with E-state index in [1.54, 1.807) is 14.2 Å². The fraction of sp³-hybridized carbons (Fsp3) is 0.533. The Balaban J connectivity index is 1.93. The summed E-state index contributed by atoms with van der Waals surface area (Å²) in [5.41, 5.74) is 5.68. The molecular weight excluding hydrogens is 320 g/mol. The van der Waals surface area contributed by atoms with Crippen LogP contribution in [-0.2, 0) is 14.2 Å². The van der Waals surface area contributed by atoms with Crippen LogP contribution in [0.15, 0.2) is 24.3 Å². The Morgan fingerprint density at radius 2 is 2.00 bits per heavy atom. The number of nitrogens with one attached hydrogen (secondary N) is 1. The van der Waals surface area contributed by atoms with Gasteiger partial charge in [-0.05, 0) is 24.4 Å². The smallest absolute Gasteiger partial charge is 0.186 e. The van der Waals surface area contributed by atoms with Crippen LogP contribution in [-0.4, -0.2) is 56.6 Å². The Hall–Kier alpha value is -1.61. The van der Waals surface area contributed by atoms with E-state index in [2.05, 4.69) is 5.32 Å². The van der Waals surface area contributed by atoms with Crippen molar-refractivity contribution in [2.24, 2.45) is 5.73 Å². The first-order valence-electron chi connectivity index (χ1n) is 7.29. The number of rotatable bonds is 3. The second kappa shape index (κ2) is 6.88. The third-order valence-electron chi connectivity index (χ3n) is 3.98. The molecule has 23 heavy (non-hydrogen) atoms. The molecule has 8 heteroatoms. The van der Waals surface area contributed by atoms with E-state index in [1.807, 2.05) is 24.3 Å². The summed E-state index contributed by atoms with van der Waals surface area (Å²) < 4.78 is 28.8. The summed E-state index contributed by atoms with van der Waals surface area (Å²) in [5.74, 6) is 1.31. The van der Waals surface area contributed by atoms with Gasteiger partial charge in [0.15, 0.2) is 29.0 Å². The van der Waals surface area contributed by atoms with Gasteiger partial charge in [0.25, 0.3) is 0 Å². The lowest BCUT2D eigenvalue weighted by Gasteiger charge is -2.44. The van der Waals surface area contributed by atoms with Crippen LogP contribution in [0.4, 0.5) is 0 Å². The first-order valence-corrected chi connectivity index (χ1v) is 7.70. The van der Waals surface area contributed by atoms with Gasteiger partial charge in [-0.15, -0.1) is 0 Å². The molecular formula is C15H20N2O5S. The Morgan fingerprint density at radius 3 is 2.65 bits per heavy atom. The maximum absolute atomic E-state index is 6.14. The molecule has 2 heterocycles. The fourth-order valence-electron chi connectivity index (χ4n) is 2.96. The van der Waals surface area contributed by atoms with Crippen molar-refractivity contribution in [1.29, 1.82) is 0 Å². The summed E-state index contributed by atoms with van der Waals surface area (Å²) in [4.78, 5) is 0. The highest BCUT2D eigenvalue weighted by Gasteiger charge is 2.49. The van der Waals surface area contributed by atoms with Gasteiger partial charge in [-0.3, -0.25) is 0 Å². The van der Waals surface area contributed by atoms with Gasteiger partial charge < -0.3 is 34.7 Å². The van der Waals surface area contributed by atoms with E-state index in [1.165, 1.54) is 0 Å². The predicted octanol–water partition coefficient (Wildman–Crippen LogP) is 0.415. The molecule has 0 saturated carbocycles. The highest BCUT2D eigenvalue weighted by Crippen LogP contribution is 2.35. The molecule has 2 aliphatic heterocycles. The summed E-state index contributed by atoms with van der Waals surface area (Å²) >= 11 is 5.00. The summed E-state index contributed by atoms with van der Waals surface area (Å²) in [6.45, 7) is 0.327. The lowest BCUT2D eigenvalue weighted by atomic mass is 9.96. The lowest BCUT2D eigenvalue weighted by Crippen LogP contribution is -2.67. The third-order valence-corrected chi connectivity index (χ3v) is 4.10. The first-order chi connectivity index (χ1) is 11.1. The molecule has 0 bridgehead atoms. The number of nitrogens with two attached hydrogens (primary N) is 1. The molecule has 126 valence electrons. The number of methoxy groups -OCH3 is 2. The lowest BCUT2D eigenvalue weighted by molar-refractivity contribution is -0.267. The molecule has 0 aromatic heterocycles. The molecule has 0 unspecified atom stereocenters. The van der Waals surface area contributed by atoms with Crippen LogP contribution in [0, 0.1) is 0 Å². The van der Waals surface area contributed by atoms with Crippen molar-refractivity contribution in [2.75, 3.05) is 20.8 Å². The van der Waals surface area contributed by atoms with Crippen LogP contribution in [0.25, 0.3) is 0 Å². The van der Waals surface area contributed by atoms with Crippen molar-refractivity contribution >= 4 is 17.3 Å². The molecule has 2 aliphatic rings. The van der Waals surface area contributed by atoms with E-state index in [-0.39, 0.29) is 17.3 Å². The molecule has 1 fully saturated rings. The second-order valence-corrected chi connectivity index (χ2v) is 5.79. The third kappa shape index (κ3) is 3.20. The van der Waals surface area contributed by atoms with Gasteiger partial charge in [-0.2, -0.15) is 0 Å². The maximum Gasteiger partial charge on any atom is 0.186 e. The molecule has 0 radical (unpaired) electrons. The number of ether oxygens (including phenoxy) is 5. The van der Waals surface area contributed by atoms with E-state index in [9.17, 15) is 0 Å². The molecule has 5 atom stereocenters. The minimum atomic E-state index is -0.582. The van der Waals surface area contributed by atoms with Gasteiger partial charge in [0.2, 0.25) is 0 Å². The number of thiocarbonyl (C=S) groups is 1. The zero-order chi connectivity index (χ0) is 16.4. The summed E-state index contributed by atoms with van der Waals surface area (Å²) in [6.07, 6.45) is -1.77. The monoisotopic (exact) mass is 340 g/mol. The average molecular weight is 340 g/mol. The van der Waals surface area contributed by atoms with Crippen molar-refractivity contribution < 1.29 is 23.7 Å². The van der Waals surface area contributed by atoms with Crippen LogP contribution in [0.2, 0.25) is 0 Å². The maximum atomic E-state index is 6.14. The average Bonchev–Trinajstić information content (AvgIpc) is 2.73. The molecule has 0 spiro atoms. The highest BCUT2D eigenvalue weighted by atomic mass is 32.1. The zero-order valence-electron chi connectivity index (χ0n) is 12.9. The molecule has 1 aromatic rings. The Labute approximate surface area is 140 Å². The van der Waals surface area contributed by atoms with Crippen LogP contribution in [0.5, 0.6) is 11.5 Å². The van der Waals surface area contributed by atoms with E-state index in [0.717, 1.165) is 0 Å². The van der Waals surface area contributed by atoms with Crippen molar-refractivity contribution in [3.8, 4) is 11.5 Å². The van der Waals surface area contributed by atoms with Crippen molar-refractivity contribution in [3.63, 3.8) is 0 Å². The van der Waals surface area contributed by atoms with Crippen molar-refractivity contribution in [1.82, 2.24) is 5.32 Å². The quantitative estimate of drug-likeness (QED) is 0.766. The van der Waals surface area contributed by atoms with Crippen LogP contribution in [0.3, 0.4) is 0 Å². The highest BCUT2D eigenvalue weighted by molar-refractivity contribution is 7.80. The van der Waals surface area contributed by atoms with Gasteiger partial charge in [-0.25, -0.2) is 0 Å². The topological polar surface area (TPSA) is 84.2 Å². The Kier molecular flexibility index (Phi) is 4.86. The molecule has 7 nitrogen and oxygen atoms in total. The van der Waals surface area contributed by atoms with E-state index >= 15 is 0 Å². The van der Waals surface area contributed by atoms with E-state index in [0.29, 0.717) is 18.1 Å². The SMILES string of the molecule is CO[C@H]1O[C@@H]2COc3ccccc3O[C@@H]2[C@@H](NC(N)=S)[C@@H]1OC. The fourth-order valence-corrected chi connectivity index (χ4v) is 3.10. The van der Waals surface area contributed by atoms with E-state index < -0.39 is 18.5 Å². The largest absolute Gasteiger partial charge is 0.487 e. The number of para-hydroxylation sites is 2. The normalized spacial score (nSPS) is 32.5. The standard InChI is InChI=1S/C15H20N2O5S/c1-18-13-11(17-15(16)23)12-10(22-14(13)19-2)7-20-8-5-3-4-6-9(8)21-12/h3-6,10-14H,7H2,1-2H3,(H3,16,17,23)/t10-,11-,12+,13+,14+/m1/s1. The number of hydrogen-bond acceptors (Lipinski definition) is 6. The van der Waals surface area contributed by atoms with Gasteiger partial charge in [0.1, 0.15) is 18.8 Å². The summed E-state index contributed by atoms with van der Waals surface area (Å²) in [7, 11) is 3.14. The van der Waals surface area contributed by atoms with Crippen molar-refractivity contribution in [3.05, 3.63) is 24.3 Å². The van der Waals surface area contributed by atoms with Gasteiger partial charge >= 0.3 is 0 Å². The van der Waals surface area contributed by atoms with Gasteiger partial charge in [0.05, 0.1) is 6.04 Å². The van der Waals surface area contributed by atoms with Crippen molar-refractivity contribution in [2.45, 2.75) is 30.6 Å². The Bertz CT molecular complexity index is 573. The molecule has 0 aliphatic carbocycles. The minimum absolute atomic E-state index is 0.162. The molecule has 0 amide bonds. The Morgan fingerprint density at radius 1 is 1.26 bits per heavy atom. The van der Waals surface area contributed by atoms with Crippen LogP contribution < -0.4 is 20.5 Å². The van der Waals surface area contributed by atoms with E-state index in [4.69, 9.17) is 41.6 Å². The van der Waals surface area contributed by atoms with Crippen LogP contribution in [0.1, 0.15) is 0 Å². The predicted molar refractivity (Wildman–Crippen MR) is 86.5 cm³/mol. The summed E-state index contributed by atoms with van der Waals surface area (Å²) in [5, 5.41) is 3.21. The number of fused-ring (bicyclic) bond motifs is 2. The second-order valence-electron chi connectivity index (χ2n) is 5.35. The molecule has 3 N–H and O–H groups in total. The van der Waals surface area contributed by atoms with Gasteiger partial charge in [-0.1, -0.05) is 12.1 Å².